The van der Waals surface area contributed by atoms with Crippen LogP contribution in [0.5, 0.6) is 5.88 Å². The summed E-state index contributed by atoms with van der Waals surface area (Å²) in [6.07, 6.45) is 7.76. The van der Waals surface area contributed by atoms with Gasteiger partial charge in [0.15, 0.2) is 5.82 Å². The van der Waals surface area contributed by atoms with Gasteiger partial charge in [0.1, 0.15) is 5.76 Å². The maximum Gasteiger partial charge on any atom is 0.254 e. The molecular weight excluding hydrogens is 394 g/mol. The number of amides is 1. The van der Waals surface area contributed by atoms with Gasteiger partial charge in [0.05, 0.1) is 18.3 Å². The van der Waals surface area contributed by atoms with E-state index in [1.54, 1.807) is 18.5 Å². The number of carbonyl (C=O) groups excluding carboxylic acids is 1. The summed E-state index contributed by atoms with van der Waals surface area (Å²) in [5.41, 5.74) is 2.93. The molecular formula is C23H27N5O3. The standard InChI is InChI=1S/C23H27N5O3/c1-4-30-21-11-16(31-28-21)5-6-20(29)26-18-12-23(2,3)13-19-17(18)14-25-22(27-19)15-7-9-24-10-8-15/h7-11,14,18H,4-6,12-13H2,1-3H3,(H,26,29). The number of hydrogen-bond donors (Lipinski definition) is 1. The van der Waals surface area contributed by atoms with Gasteiger partial charge >= 0.3 is 0 Å². The molecule has 31 heavy (non-hydrogen) atoms. The molecule has 0 saturated carbocycles. The fourth-order valence-electron chi connectivity index (χ4n) is 3.95. The average Bonchev–Trinajstić information content (AvgIpc) is 3.19. The quantitative estimate of drug-likeness (QED) is 0.620. The summed E-state index contributed by atoms with van der Waals surface area (Å²) in [6.45, 7) is 6.81. The van der Waals surface area contributed by atoms with E-state index in [-0.39, 0.29) is 17.4 Å². The van der Waals surface area contributed by atoms with Gasteiger partial charge in [-0.3, -0.25) is 9.78 Å². The highest BCUT2D eigenvalue weighted by Gasteiger charge is 2.34. The summed E-state index contributed by atoms with van der Waals surface area (Å²) in [5, 5.41) is 7.00. The number of fused-ring (bicyclic) bond motifs is 1. The smallest absolute Gasteiger partial charge is 0.254 e. The number of aryl methyl sites for hydroxylation is 1. The molecule has 3 aromatic rings. The van der Waals surface area contributed by atoms with Crippen LogP contribution in [-0.4, -0.2) is 32.6 Å². The van der Waals surface area contributed by atoms with E-state index in [9.17, 15) is 4.79 Å². The van der Waals surface area contributed by atoms with Crippen LogP contribution in [0.25, 0.3) is 11.4 Å². The van der Waals surface area contributed by atoms with Crippen molar-refractivity contribution in [1.82, 2.24) is 25.4 Å². The summed E-state index contributed by atoms with van der Waals surface area (Å²) in [4.78, 5) is 26.1. The number of nitrogens with zero attached hydrogens (tertiary/aromatic N) is 4. The molecule has 1 aliphatic rings. The third-order valence-electron chi connectivity index (χ3n) is 5.38. The van der Waals surface area contributed by atoms with Gasteiger partial charge in [-0.05, 0) is 42.5 Å². The lowest BCUT2D eigenvalue weighted by Crippen LogP contribution is -2.37. The van der Waals surface area contributed by atoms with Crippen molar-refractivity contribution < 1.29 is 14.1 Å². The Balaban J connectivity index is 1.46. The Bertz CT molecular complexity index is 1050. The SMILES string of the molecule is CCOc1cc(CCC(=O)NC2CC(C)(C)Cc3nc(-c4ccncc4)ncc32)on1. The maximum absolute atomic E-state index is 12.7. The molecule has 3 heterocycles. The second-order valence-corrected chi connectivity index (χ2v) is 8.56. The number of carbonyl (C=O) groups is 1. The van der Waals surface area contributed by atoms with Gasteiger partial charge in [0.2, 0.25) is 5.91 Å². The zero-order chi connectivity index (χ0) is 21.8. The first-order valence-corrected chi connectivity index (χ1v) is 10.6. The van der Waals surface area contributed by atoms with Crippen molar-refractivity contribution in [1.29, 1.82) is 0 Å². The molecule has 0 saturated heterocycles. The Labute approximate surface area is 181 Å². The third-order valence-corrected chi connectivity index (χ3v) is 5.38. The normalized spacial score (nSPS) is 17.1. The van der Waals surface area contributed by atoms with Gasteiger partial charge in [-0.25, -0.2) is 9.97 Å². The number of ether oxygens (including phenoxy) is 1. The van der Waals surface area contributed by atoms with Crippen molar-refractivity contribution >= 4 is 5.91 Å². The van der Waals surface area contributed by atoms with Crippen LogP contribution in [0.4, 0.5) is 0 Å². The van der Waals surface area contributed by atoms with E-state index >= 15 is 0 Å². The van der Waals surface area contributed by atoms with Crippen LogP contribution in [0.2, 0.25) is 0 Å². The van der Waals surface area contributed by atoms with Crippen molar-refractivity contribution in [2.75, 3.05) is 6.61 Å². The Hall–Kier alpha value is -3.29. The predicted octanol–water partition coefficient (Wildman–Crippen LogP) is 3.69. The lowest BCUT2D eigenvalue weighted by atomic mass is 9.74. The Kier molecular flexibility index (Phi) is 5.97. The topological polar surface area (TPSA) is 103 Å². The Morgan fingerprint density at radius 3 is 2.90 bits per heavy atom. The van der Waals surface area contributed by atoms with Crippen LogP contribution in [0, 0.1) is 5.41 Å². The minimum atomic E-state index is -0.119. The molecule has 0 radical (unpaired) electrons. The number of pyridine rings is 1. The zero-order valence-corrected chi connectivity index (χ0v) is 18.1. The van der Waals surface area contributed by atoms with Crippen molar-refractivity contribution in [2.45, 2.75) is 52.5 Å². The minimum Gasteiger partial charge on any atom is -0.476 e. The number of aromatic nitrogens is 4. The number of rotatable bonds is 7. The van der Waals surface area contributed by atoms with E-state index < -0.39 is 0 Å². The molecule has 4 rings (SSSR count). The molecule has 162 valence electrons. The molecule has 8 heteroatoms. The van der Waals surface area contributed by atoms with Crippen LogP contribution in [-0.2, 0) is 17.6 Å². The molecule has 0 aromatic carbocycles. The summed E-state index contributed by atoms with van der Waals surface area (Å²) in [5.74, 6) is 1.72. The van der Waals surface area contributed by atoms with E-state index in [0.717, 1.165) is 29.7 Å². The molecule has 0 spiro atoms. The summed E-state index contributed by atoms with van der Waals surface area (Å²) in [6, 6.07) is 5.40. The summed E-state index contributed by atoms with van der Waals surface area (Å²) < 4.78 is 10.5. The summed E-state index contributed by atoms with van der Waals surface area (Å²) in [7, 11) is 0. The van der Waals surface area contributed by atoms with Crippen LogP contribution < -0.4 is 10.1 Å². The zero-order valence-electron chi connectivity index (χ0n) is 18.1. The molecule has 1 atom stereocenters. The van der Waals surface area contributed by atoms with Crippen molar-refractivity contribution in [2.24, 2.45) is 5.41 Å². The van der Waals surface area contributed by atoms with Crippen molar-refractivity contribution in [3.8, 4) is 17.3 Å². The lowest BCUT2D eigenvalue weighted by Gasteiger charge is -2.36. The van der Waals surface area contributed by atoms with E-state index in [1.165, 1.54) is 0 Å². The highest BCUT2D eigenvalue weighted by Crippen LogP contribution is 2.40. The molecule has 8 nitrogen and oxygen atoms in total. The predicted molar refractivity (Wildman–Crippen MR) is 114 cm³/mol. The average molecular weight is 422 g/mol. The van der Waals surface area contributed by atoms with E-state index in [1.807, 2.05) is 25.3 Å². The highest BCUT2D eigenvalue weighted by atomic mass is 16.5. The molecule has 1 amide bonds. The summed E-state index contributed by atoms with van der Waals surface area (Å²) >= 11 is 0. The van der Waals surface area contributed by atoms with Gasteiger partial charge in [-0.2, -0.15) is 0 Å². The van der Waals surface area contributed by atoms with Gasteiger partial charge in [-0.15, -0.1) is 0 Å². The lowest BCUT2D eigenvalue weighted by molar-refractivity contribution is -0.122. The molecule has 1 N–H and O–H groups in total. The number of nitrogens with one attached hydrogen (secondary N) is 1. The Morgan fingerprint density at radius 1 is 1.32 bits per heavy atom. The molecule has 0 fully saturated rings. The van der Waals surface area contributed by atoms with Gasteiger partial charge in [-0.1, -0.05) is 13.8 Å². The van der Waals surface area contributed by atoms with Crippen LogP contribution in [0.3, 0.4) is 0 Å². The first-order valence-electron chi connectivity index (χ1n) is 10.6. The van der Waals surface area contributed by atoms with Crippen molar-refractivity contribution in [3.05, 3.63) is 53.8 Å². The fraction of sp³-hybridized carbons (Fsp3) is 0.435. The second kappa shape index (κ2) is 8.83. The van der Waals surface area contributed by atoms with E-state index in [4.69, 9.17) is 14.2 Å². The van der Waals surface area contributed by atoms with E-state index in [0.29, 0.717) is 36.9 Å². The van der Waals surface area contributed by atoms with Crippen LogP contribution in [0.1, 0.15) is 56.7 Å². The van der Waals surface area contributed by atoms with E-state index in [2.05, 4.69) is 34.3 Å². The monoisotopic (exact) mass is 421 g/mol. The highest BCUT2D eigenvalue weighted by molar-refractivity contribution is 5.76. The van der Waals surface area contributed by atoms with Gasteiger partial charge in [0, 0.05) is 48.6 Å². The van der Waals surface area contributed by atoms with Gasteiger partial charge < -0.3 is 14.6 Å². The van der Waals surface area contributed by atoms with Crippen molar-refractivity contribution in [3.63, 3.8) is 0 Å². The minimum absolute atomic E-state index is 0.0200. The second-order valence-electron chi connectivity index (χ2n) is 8.56. The van der Waals surface area contributed by atoms with Crippen LogP contribution >= 0.6 is 0 Å². The third kappa shape index (κ3) is 5.07. The molecule has 1 aliphatic carbocycles. The molecule has 3 aromatic heterocycles. The Morgan fingerprint density at radius 2 is 2.13 bits per heavy atom. The van der Waals surface area contributed by atoms with Crippen LogP contribution in [0.15, 0.2) is 41.3 Å². The number of hydrogen-bond acceptors (Lipinski definition) is 7. The van der Waals surface area contributed by atoms with Gasteiger partial charge in [0.25, 0.3) is 5.88 Å². The molecule has 0 aliphatic heterocycles. The first-order chi connectivity index (χ1) is 14.9. The molecule has 1 unspecified atom stereocenters. The molecule has 0 bridgehead atoms. The first kappa shape index (κ1) is 21.0. The largest absolute Gasteiger partial charge is 0.476 e. The fourth-order valence-corrected chi connectivity index (χ4v) is 3.95. The maximum atomic E-state index is 12.7.